The van der Waals surface area contributed by atoms with Crippen molar-refractivity contribution >= 4 is 5.78 Å². The van der Waals surface area contributed by atoms with E-state index in [-0.39, 0.29) is 5.70 Å². The van der Waals surface area contributed by atoms with Crippen LogP contribution in [0.15, 0.2) is 11.8 Å². The molecule has 0 radical (unpaired) electrons. The fraction of sp³-hybridized carbons (Fsp3) is 0.625. The van der Waals surface area contributed by atoms with Gasteiger partial charge in [0.2, 0.25) is 5.78 Å². The monoisotopic (exact) mass is 229 g/mol. The summed E-state index contributed by atoms with van der Waals surface area (Å²) in [6.45, 7) is 0.483. The Bertz CT molecular complexity index is 286. The quantitative estimate of drug-likeness (QED) is 0.579. The van der Waals surface area contributed by atoms with Gasteiger partial charge in [-0.1, -0.05) is 0 Å². The van der Waals surface area contributed by atoms with Crippen LogP contribution in [0.2, 0.25) is 0 Å². The van der Waals surface area contributed by atoms with Crippen molar-refractivity contribution in [2.75, 3.05) is 6.54 Å². The fourth-order valence-electron chi connectivity index (χ4n) is 1.13. The average Bonchev–Trinajstić information content (AvgIpc) is 2.54. The van der Waals surface area contributed by atoms with Crippen LogP contribution >= 0.6 is 0 Å². The van der Waals surface area contributed by atoms with Crippen LogP contribution in [-0.4, -0.2) is 24.4 Å². The van der Waals surface area contributed by atoms with Crippen molar-refractivity contribution in [2.24, 2.45) is 0 Å². The van der Waals surface area contributed by atoms with Gasteiger partial charge in [-0.05, 0) is 12.8 Å². The van der Waals surface area contributed by atoms with E-state index < -0.39 is 17.9 Å². The van der Waals surface area contributed by atoms with E-state index in [1.165, 1.54) is 0 Å². The maximum atomic E-state index is 12.4. The van der Waals surface area contributed by atoms with E-state index in [1.807, 2.05) is 0 Å². The van der Waals surface area contributed by atoms with Gasteiger partial charge in [0, 0.05) is 18.3 Å². The third kappa shape index (κ3) is 2.45. The number of rotatable bonds is 2. The summed E-state index contributed by atoms with van der Waals surface area (Å²) in [5, 5.41) is 2.55. The molecule has 1 fully saturated rings. The summed E-state index contributed by atoms with van der Waals surface area (Å²) in [5.41, 5.74) is 0.129. The molecule has 0 atom stereocenters. The van der Waals surface area contributed by atoms with Gasteiger partial charge in [0.15, 0.2) is 0 Å². The number of allylic oxidation sites excluding steroid dienone is 2. The Morgan fingerprint density at radius 2 is 1.87 bits per heavy atom. The molecular formula is C8H8F5NO. The van der Waals surface area contributed by atoms with Crippen molar-refractivity contribution in [3.05, 3.63) is 11.8 Å². The highest BCUT2D eigenvalue weighted by Crippen LogP contribution is 2.36. The molecule has 1 heterocycles. The van der Waals surface area contributed by atoms with E-state index in [4.69, 9.17) is 0 Å². The van der Waals surface area contributed by atoms with E-state index in [1.54, 1.807) is 0 Å². The van der Waals surface area contributed by atoms with Crippen molar-refractivity contribution in [1.82, 2.24) is 5.32 Å². The molecule has 7 heteroatoms. The highest BCUT2D eigenvalue weighted by atomic mass is 19.4. The van der Waals surface area contributed by atoms with Crippen LogP contribution in [0.5, 0.6) is 0 Å². The molecule has 0 aromatic heterocycles. The Labute approximate surface area is 82.1 Å². The topological polar surface area (TPSA) is 29.1 Å². The van der Waals surface area contributed by atoms with E-state index in [0.29, 0.717) is 25.5 Å². The van der Waals surface area contributed by atoms with Gasteiger partial charge in [0.25, 0.3) is 0 Å². The predicted molar refractivity (Wildman–Crippen MR) is 41.3 cm³/mol. The summed E-state index contributed by atoms with van der Waals surface area (Å²) >= 11 is 0. The van der Waals surface area contributed by atoms with E-state index >= 15 is 0 Å². The van der Waals surface area contributed by atoms with Crippen molar-refractivity contribution in [1.29, 1.82) is 0 Å². The zero-order valence-corrected chi connectivity index (χ0v) is 7.50. The second kappa shape index (κ2) is 3.79. The highest BCUT2D eigenvalue weighted by molar-refractivity contribution is 5.96. The number of halogens is 5. The van der Waals surface area contributed by atoms with Gasteiger partial charge in [-0.15, -0.1) is 0 Å². The van der Waals surface area contributed by atoms with Crippen molar-refractivity contribution in [3.63, 3.8) is 0 Å². The first-order chi connectivity index (χ1) is 6.75. The third-order valence-electron chi connectivity index (χ3n) is 1.95. The molecule has 0 saturated carbocycles. The van der Waals surface area contributed by atoms with E-state index in [2.05, 4.69) is 5.32 Å². The van der Waals surface area contributed by atoms with Crippen molar-refractivity contribution in [3.8, 4) is 0 Å². The lowest BCUT2D eigenvalue weighted by Gasteiger charge is -2.16. The summed E-state index contributed by atoms with van der Waals surface area (Å²) in [5.74, 6) is -7.52. The predicted octanol–water partition coefficient (Wildman–Crippen LogP) is 2.02. The average molecular weight is 229 g/mol. The number of carbonyl (C=O) groups is 1. The number of alkyl halides is 5. The highest BCUT2D eigenvalue weighted by Gasteiger charge is 2.62. The van der Waals surface area contributed by atoms with Crippen molar-refractivity contribution in [2.45, 2.75) is 24.9 Å². The van der Waals surface area contributed by atoms with Gasteiger partial charge < -0.3 is 5.32 Å². The Balaban J connectivity index is 2.80. The van der Waals surface area contributed by atoms with Crippen LogP contribution in [0, 0.1) is 0 Å². The lowest BCUT2D eigenvalue weighted by molar-refractivity contribution is -0.266. The number of hydrogen-bond acceptors (Lipinski definition) is 2. The van der Waals surface area contributed by atoms with Gasteiger partial charge in [0.1, 0.15) is 0 Å². The molecular weight excluding hydrogens is 221 g/mol. The molecule has 2 nitrogen and oxygen atoms in total. The second-order valence-corrected chi connectivity index (χ2v) is 3.14. The summed E-state index contributed by atoms with van der Waals surface area (Å²) in [6, 6.07) is 0. The maximum absolute atomic E-state index is 12.4. The minimum Gasteiger partial charge on any atom is -0.388 e. The van der Waals surface area contributed by atoms with Crippen molar-refractivity contribution < 1.29 is 26.7 Å². The lowest BCUT2D eigenvalue weighted by Crippen LogP contribution is -2.43. The van der Waals surface area contributed by atoms with Crippen LogP contribution in [0.25, 0.3) is 0 Å². The second-order valence-electron chi connectivity index (χ2n) is 3.14. The molecule has 0 aromatic rings. The first-order valence-electron chi connectivity index (χ1n) is 4.18. The zero-order valence-electron chi connectivity index (χ0n) is 7.50. The number of nitrogens with one attached hydrogen (secondary N) is 1. The van der Waals surface area contributed by atoms with Gasteiger partial charge in [-0.2, -0.15) is 22.0 Å². The molecule has 0 aromatic carbocycles. The largest absolute Gasteiger partial charge is 0.461 e. The molecule has 1 rings (SSSR count). The van der Waals surface area contributed by atoms with E-state index in [9.17, 15) is 26.7 Å². The lowest BCUT2D eigenvalue weighted by atomic mass is 10.1. The molecule has 1 aliphatic rings. The van der Waals surface area contributed by atoms with E-state index in [0.717, 1.165) is 0 Å². The fourth-order valence-corrected chi connectivity index (χ4v) is 1.13. The zero-order chi connectivity index (χ0) is 11.7. The normalized spacial score (nSPS) is 20.5. The Hall–Kier alpha value is -1.14. The molecule has 86 valence electrons. The Morgan fingerprint density at radius 3 is 2.27 bits per heavy atom. The molecule has 0 unspecified atom stereocenters. The minimum atomic E-state index is -5.83. The van der Waals surface area contributed by atoms with Crippen LogP contribution in [-0.2, 0) is 4.79 Å². The first kappa shape index (κ1) is 11.9. The molecule has 0 spiro atoms. The minimum absolute atomic E-state index is 0.129. The van der Waals surface area contributed by atoms with Crippen LogP contribution in [0.4, 0.5) is 22.0 Å². The maximum Gasteiger partial charge on any atom is 0.461 e. The summed E-state index contributed by atoms with van der Waals surface area (Å²) < 4.78 is 60.1. The summed E-state index contributed by atoms with van der Waals surface area (Å²) in [4.78, 5) is 10.7. The van der Waals surface area contributed by atoms with Gasteiger partial charge in [-0.3, -0.25) is 4.79 Å². The standard InChI is InChI=1S/C8H8F5NO/c9-7(10,8(11,12)13)6(15)4-5-2-1-3-14-5/h4,14H,1-3H2/b5-4-. The molecule has 1 N–H and O–H groups in total. The molecule has 0 bridgehead atoms. The molecule has 15 heavy (non-hydrogen) atoms. The van der Waals surface area contributed by atoms with Gasteiger partial charge in [0.05, 0.1) is 0 Å². The Morgan fingerprint density at radius 1 is 1.27 bits per heavy atom. The number of hydrogen-bond donors (Lipinski definition) is 1. The number of carbonyl (C=O) groups excluding carboxylic acids is 1. The van der Waals surface area contributed by atoms with Gasteiger partial charge in [-0.25, -0.2) is 0 Å². The summed E-state index contributed by atoms with van der Waals surface area (Å²) in [6.07, 6.45) is -4.56. The Kier molecular flexibility index (Phi) is 3.01. The smallest absolute Gasteiger partial charge is 0.388 e. The molecule has 1 saturated heterocycles. The van der Waals surface area contributed by atoms with Gasteiger partial charge >= 0.3 is 12.1 Å². The SMILES string of the molecule is O=C(/C=C1/CCCN1)C(F)(F)C(F)(F)F. The summed E-state index contributed by atoms with van der Waals surface area (Å²) in [7, 11) is 0. The number of ketones is 1. The van der Waals surface area contributed by atoms with Crippen LogP contribution in [0.1, 0.15) is 12.8 Å². The third-order valence-corrected chi connectivity index (χ3v) is 1.95. The van der Waals surface area contributed by atoms with Crippen LogP contribution in [0.3, 0.4) is 0 Å². The molecule has 0 aliphatic carbocycles. The van der Waals surface area contributed by atoms with Crippen LogP contribution < -0.4 is 5.32 Å². The molecule has 1 aliphatic heterocycles. The molecule has 0 amide bonds. The first-order valence-corrected chi connectivity index (χ1v) is 4.18.